The van der Waals surface area contributed by atoms with Crippen LogP contribution >= 0.6 is 0 Å². The van der Waals surface area contributed by atoms with Crippen LogP contribution in [0.5, 0.6) is 0 Å². The predicted octanol–water partition coefficient (Wildman–Crippen LogP) is 2.16. The number of nitrogens with zero attached hydrogens (tertiary/aromatic N) is 2. The molecule has 0 N–H and O–H groups in total. The fourth-order valence-corrected chi connectivity index (χ4v) is 2.71. The normalized spacial score (nSPS) is 33.0. The number of hydrogen-bond donors (Lipinski definition) is 0. The van der Waals surface area contributed by atoms with Gasteiger partial charge in [0.15, 0.2) is 0 Å². The van der Waals surface area contributed by atoms with Gasteiger partial charge in [0.1, 0.15) is 0 Å². The van der Waals surface area contributed by atoms with Gasteiger partial charge in [-0.3, -0.25) is 0 Å². The molecule has 2 heteroatoms. The summed E-state index contributed by atoms with van der Waals surface area (Å²) in [6, 6.07) is 3.85. The molecule has 4 aliphatic rings. The molecule has 0 aliphatic heterocycles. The van der Waals surface area contributed by atoms with E-state index in [0.29, 0.717) is 0 Å². The van der Waals surface area contributed by atoms with E-state index in [1.54, 1.807) is 0 Å². The maximum atomic E-state index is 2.83. The lowest BCUT2D eigenvalue weighted by atomic mass is 10.4. The van der Waals surface area contributed by atoms with Crippen LogP contribution in [-0.2, 0) is 0 Å². The van der Waals surface area contributed by atoms with Crippen molar-refractivity contribution in [1.82, 2.24) is 10.0 Å². The van der Waals surface area contributed by atoms with Crippen molar-refractivity contribution >= 4 is 0 Å². The molecule has 0 saturated heterocycles. The Morgan fingerprint density at radius 2 is 0.643 bits per heavy atom. The first-order chi connectivity index (χ1) is 6.93. The number of hydrogen-bond acceptors (Lipinski definition) is 2. The summed E-state index contributed by atoms with van der Waals surface area (Å²) in [5.41, 5.74) is 0. The van der Waals surface area contributed by atoms with E-state index in [1.165, 1.54) is 51.4 Å². The smallest absolute Gasteiger partial charge is 0.0250 e. The van der Waals surface area contributed by atoms with Gasteiger partial charge in [-0.1, -0.05) is 0 Å². The molecular formula is C12H20N2. The molecule has 0 atom stereocenters. The summed E-state index contributed by atoms with van der Waals surface area (Å²) >= 11 is 0. The Morgan fingerprint density at radius 1 is 0.429 bits per heavy atom. The zero-order chi connectivity index (χ0) is 9.12. The van der Waals surface area contributed by atoms with E-state index in [-0.39, 0.29) is 0 Å². The fourth-order valence-electron chi connectivity index (χ4n) is 2.71. The molecule has 0 radical (unpaired) electrons. The van der Waals surface area contributed by atoms with Crippen LogP contribution in [-0.4, -0.2) is 34.2 Å². The Balaban J connectivity index is 1.54. The summed E-state index contributed by atoms with van der Waals surface area (Å²) in [5, 5.41) is 5.66. The minimum atomic E-state index is 0.962. The summed E-state index contributed by atoms with van der Waals surface area (Å²) in [6.45, 7) is 0. The zero-order valence-electron chi connectivity index (χ0n) is 8.86. The molecule has 0 unspecified atom stereocenters. The third-order valence-corrected chi connectivity index (χ3v) is 3.95. The molecule has 0 aromatic rings. The second-order valence-corrected chi connectivity index (χ2v) is 5.68. The maximum Gasteiger partial charge on any atom is 0.0250 e. The molecule has 14 heavy (non-hydrogen) atoms. The fraction of sp³-hybridized carbons (Fsp3) is 1.00. The van der Waals surface area contributed by atoms with Crippen LogP contribution in [0, 0.1) is 0 Å². The average Bonchev–Trinajstić information content (AvgIpc) is 3.08. The van der Waals surface area contributed by atoms with E-state index in [2.05, 4.69) is 10.0 Å². The Hall–Kier alpha value is -0.0800. The van der Waals surface area contributed by atoms with E-state index in [9.17, 15) is 0 Å². The van der Waals surface area contributed by atoms with Crippen LogP contribution < -0.4 is 0 Å². The van der Waals surface area contributed by atoms with Crippen molar-refractivity contribution in [1.29, 1.82) is 0 Å². The van der Waals surface area contributed by atoms with Crippen LogP contribution in [0.1, 0.15) is 51.4 Å². The van der Waals surface area contributed by atoms with E-state index >= 15 is 0 Å². The quantitative estimate of drug-likeness (QED) is 0.616. The van der Waals surface area contributed by atoms with Crippen LogP contribution in [0.25, 0.3) is 0 Å². The van der Waals surface area contributed by atoms with E-state index in [4.69, 9.17) is 0 Å². The molecule has 0 aromatic heterocycles. The molecule has 4 rings (SSSR count). The third kappa shape index (κ3) is 1.40. The van der Waals surface area contributed by atoms with Gasteiger partial charge >= 0.3 is 0 Å². The summed E-state index contributed by atoms with van der Waals surface area (Å²) in [6.07, 6.45) is 11.8. The lowest BCUT2D eigenvalue weighted by molar-refractivity contribution is -0.0575. The van der Waals surface area contributed by atoms with Gasteiger partial charge in [0.2, 0.25) is 0 Å². The van der Waals surface area contributed by atoms with Gasteiger partial charge in [-0.25, -0.2) is 10.0 Å². The third-order valence-electron chi connectivity index (χ3n) is 3.95. The standard InChI is InChI=1S/C12H20N2/c1-2-9(1)13(10-3-4-10)14(11-5-6-11)12-7-8-12/h9-12H,1-8H2. The first kappa shape index (κ1) is 8.12. The zero-order valence-corrected chi connectivity index (χ0v) is 8.86. The molecule has 0 amide bonds. The van der Waals surface area contributed by atoms with Gasteiger partial charge in [-0.2, -0.15) is 0 Å². The Morgan fingerprint density at radius 3 is 0.786 bits per heavy atom. The summed E-state index contributed by atoms with van der Waals surface area (Å²) in [5.74, 6) is 0. The molecular weight excluding hydrogens is 172 g/mol. The lowest BCUT2D eigenvalue weighted by Gasteiger charge is -2.36. The number of hydrazine groups is 1. The monoisotopic (exact) mass is 192 g/mol. The highest BCUT2D eigenvalue weighted by molar-refractivity contribution is 5.01. The molecule has 0 aromatic carbocycles. The second-order valence-electron chi connectivity index (χ2n) is 5.68. The van der Waals surface area contributed by atoms with Crippen molar-refractivity contribution in [2.75, 3.05) is 0 Å². The van der Waals surface area contributed by atoms with Crippen LogP contribution in [0.15, 0.2) is 0 Å². The average molecular weight is 192 g/mol. The Labute approximate surface area is 86.2 Å². The van der Waals surface area contributed by atoms with Crippen molar-refractivity contribution < 1.29 is 0 Å². The lowest BCUT2D eigenvalue weighted by Crippen LogP contribution is -2.48. The van der Waals surface area contributed by atoms with Crippen molar-refractivity contribution in [3.05, 3.63) is 0 Å². The minimum absolute atomic E-state index is 0.962. The molecule has 0 spiro atoms. The maximum absolute atomic E-state index is 2.83. The molecule has 0 bridgehead atoms. The topological polar surface area (TPSA) is 6.48 Å². The summed E-state index contributed by atoms with van der Waals surface area (Å²) in [4.78, 5) is 0. The van der Waals surface area contributed by atoms with Gasteiger partial charge in [-0.15, -0.1) is 0 Å². The molecule has 0 heterocycles. The number of rotatable bonds is 5. The van der Waals surface area contributed by atoms with E-state index in [1.807, 2.05) is 0 Å². The van der Waals surface area contributed by atoms with Gasteiger partial charge in [0.05, 0.1) is 0 Å². The van der Waals surface area contributed by atoms with E-state index in [0.717, 1.165) is 24.2 Å². The van der Waals surface area contributed by atoms with Gasteiger partial charge in [0, 0.05) is 24.2 Å². The Bertz CT molecular complexity index is 187. The highest BCUT2D eigenvalue weighted by Crippen LogP contribution is 2.46. The van der Waals surface area contributed by atoms with Gasteiger partial charge in [-0.05, 0) is 51.4 Å². The van der Waals surface area contributed by atoms with Crippen molar-refractivity contribution in [2.24, 2.45) is 0 Å². The van der Waals surface area contributed by atoms with Crippen molar-refractivity contribution in [3.63, 3.8) is 0 Å². The minimum Gasteiger partial charge on any atom is -0.235 e. The predicted molar refractivity (Wildman–Crippen MR) is 55.8 cm³/mol. The molecule has 4 aliphatic carbocycles. The molecule has 2 nitrogen and oxygen atoms in total. The first-order valence-corrected chi connectivity index (χ1v) is 6.50. The van der Waals surface area contributed by atoms with Crippen LogP contribution in [0.4, 0.5) is 0 Å². The highest BCUT2D eigenvalue weighted by atomic mass is 15.7. The Kier molecular flexibility index (Phi) is 1.58. The first-order valence-electron chi connectivity index (χ1n) is 6.50. The van der Waals surface area contributed by atoms with Crippen molar-refractivity contribution in [2.45, 2.75) is 75.5 Å². The summed E-state index contributed by atoms with van der Waals surface area (Å²) < 4.78 is 0. The molecule has 78 valence electrons. The molecule has 4 saturated carbocycles. The highest BCUT2D eigenvalue weighted by Gasteiger charge is 2.50. The van der Waals surface area contributed by atoms with Crippen molar-refractivity contribution in [3.8, 4) is 0 Å². The van der Waals surface area contributed by atoms with Gasteiger partial charge in [0.25, 0.3) is 0 Å². The van der Waals surface area contributed by atoms with Crippen LogP contribution in [0.3, 0.4) is 0 Å². The van der Waals surface area contributed by atoms with E-state index < -0.39 is 0 Å². The molecule has 4 fully saturated rings. The second kappa shape index (κ2) is 2.73. The summed E-state index contributed by atoms with van der Waals surface area (Å²) in [7, 11) is 0. The van der Waals surface area contributed by atoms with Crippen LogP contribution in [0.2, 0.25) is 0 Å². The van der Waals surface area contributed by atoms with Gasteiger partial charge < -0.3 is 0 Å². The SMILES string of the molecule is C1CC1N(C1CC1)N(C1CC1)C1CC1. The largest absolute Gasteiger partial charge is 0.235 e.